The third-order valence-corrected chi connectivity index (χ3v) is 6.79. The van der Waals surface area contributed by atoms with Crippen molar-refractivity contribution in [1.82, 2.24) is 20.1 Å². The summed E-state index contributed by atoms with van der Waals surface area (Å²) in [6.45, 7) is 2.65. The Labute approximate surface area is 193 Å². The number of rotatable bonds is 9. The molecule has 1 aliphatic heterocycles. The number of nitrogens with zero attached hydrogens (tertiary/aromatic N) is 4. The van der Waals surface area contributed by atoms with Gasteiger partial charge in [-0.05, 0) is 44.6 Å². The summed E-state index contributed by atoms with van der Waals surface area (Å²) in [5.41, 5.74) is 0.722. The van der Waals surface area contributed by atoms with Crippen LogP contribution in [-0.2, 0) is 16.0 Å². The Balaban J connectivity index is 1.25. The first-order chi connectivity index (χ1) is 15.6. The number of amides is 2. The van der Waals surface area contributed by atoms with Gasteiger partial charge in [0.1, 0.15) is 11.6 Å². The second kappa shape index (κ2) is 10.4. The molecule has 2 aromatic rings. The van der Waals surface area contributed by atoms with Crippen LogP contribution in [0.1, 0.15) is 57.3 Å². The van der Waals surface area contributed by atoms with Crippen LogP contribution in [-0.4, -0.2) is 52.0 Å². The number of aryl methyl sites for hydroxylation is 1. The first-order valence-electron chi connectivity index (χ1n) is 11.4. The highest BCUT2D eigenvalue weighted by Crippen LogP contribution is 2.34. The van der Waals surface area contributed by atoms with Crippen LogP contribution in [0.3, 0.4) is 0 Å². The van der Waals surface area contributed by atoms with E-state index in [0.29, 0.717) is 24.9 Å². The van der Waals surface area contributed by atoms with Crippen molar-refractivity contribution in [2.45, 2.75) is 69.2 Å². The minimum Gasteiger partial charge on any atom is -0.479 e. The molecule has 0 saturated heterocycles. The van der Waals surface area contributed by atoms with Gasteiger partial charge in [0.05, 0.1) is 5.69 Å². The van der Waals surface area contributed by atoms with Crippen LogP contribution in [0.15, 0.2) is 29.4 Å². The molecule has 1 atom stereocenters. The number of aromatic nitrogens is 3. The summed E-state index contributed by atoms with van der Waals surface area (Å²) in [4.78, 5) is 26.6. The molecule has 172 valence electrons. The van der Waals surface area contributed by atoms with Gasteiger partial charge in [0, 0.05) is 32.0 Å². The highest BCUT2D eigenvalue weighted by molar-refractivity contribution is 7.98. The zero-order chi connectivity index (χ0) is 22.5. The number of benzene rings is 1. The molecule has 4 rings (SSSR count). The summed E-state index contributed by atoms with van der Waals surface area (Å²) in [5.74, 6) is 1.51. The largest absolute Gasteiger partial charge is 0.479 e. The summed E-state index contributed by atoms with van der Waals surface area (Å²) in [6, 6.07) is 7.94. The lowest BCUT2D eigenvalue weighted by molar-refractivity contribution is -0.125. The fraction of sp³-hybridized carbons (Fsp3) is 0.565. The van der Waals surface area contributed by atoms with E-state index in [1.165, 1.54) is 25.7 Å². The van der Waals surface area contributed by atoms with Gasteiger partial charge >= 0.3 is 0 Å². The van der Waals surface area contributed by atoms with E-state index in [9.17, 15) is 9.59 Å². The average Bonchev–Trinajstić information content (AvgIpc) is 3.46. The number of carbonyl (C=O) groups is 2. The number of anilines is 1. The fourth-order valence-corrected chi connectivity index (χ4v) is 5.09. The van der Waals surface area contributed by atoms with Crippen LogP contribution >= 0.6 is 11.8 Å². The average molecular weight is 458 g/mol. The number of ether oxygens (including phenoxy) is 1. The maximum absolute atomic E-state index is 12.5. The van der Waals surface area contributed by atoms with Gasteiger partial charge in [-0.2, -0.15) is 0 Å². The van der Waals surface area contributed by atoms with Crippen LogP contribution in [0.4, 0.5) is 5.69 Å². The highest BCUT2D eigenvalue weighted by Gasteiger charge is 2.31. The summed E-state index contributed by atoms with van der Waals surface area (Å²) in [7, 11) is 0. The van der Waals surface area contributed by atoms with E-state index in [4.69, 9.17) is 4.74 Å². The molecule has 0 bridgehead atoms. The van der Waals surface area contributed by atoms with Gasteiger partial charge in [-0.1, -0.05) is 36.7 Å². The first-order valence-corrected chi connectivity index (χ1v) is 12.6. The lowest BCUT2D eigenvalue weighted by Crippen LogP contribution is -2.45. The van der Waals surface area contributed by atoms with Crippen molar-refractivity contribution >= 4 is 29.3 Å². The summed E-state index contributed by atoms with van der Waals surface area (Å²) in [6.07, 6.45) is 8.26. The van der Waals surface area contributed by atoms with Crippen LogP contribution in [0, 0.1) is 0 Å². The van der Waals surface area contributed by atoms with E-state index in [-0.39, 0.29) is 18.2 Å². The Hall–Kier alpha value is -2.55. The van der Waals surface area contributed by atoms with Crippen molar-refractivity contribution in [2.24, 2.45) is 0 Å². The normalized spacial score (nSPS) is 18.5. The SMILES string of the molecule is CSc1nnc(CCCNC(=O)CCN2C(=O)C(C)Oc3ccccc32)n1C1CCCC1. The van der Waals surface area contributed by atoms with Crippen LogP contribution in [0.25, 0.3) is 0 Å². The summed E-state index contributed by atoms with van der Waals surface area (Å²) >= 11 is 1.64. The lowest BCUT2D eigenvalue weighted by Gasteiger charge is -2.32. The Morgan fingerprint density at radius 1 is 1.25 bits per heavy atom. The van der Waals surface area contributed by atoms with E-state index in [2.05, 4.69) is 20.1 Å². The zero-order valence-electron chi connectivity index (χ0n) is 18.7. The molecular weight excluding hydrogens is 426 g/mol. The number of nitrogens with one attached hydrogen (secondary N) is 1. The minimum atomic E-state index is -0.545. The van der Waals surface area contributed by atoms with Crippen molar-refractivity contribution in [3.63, 3.8) is 0 Å². The number of thioether (sulfide) groups is 1. The molecule has 2 aliphatic rings. The Morgan fingerprint density at radius 3 is 2.81 bits per heavy atom. The number of para-hydroxylation sites is 2. The van der Waals surface area contributed by atoms with Crippen molar-refractivity contribution in [3.8, 4) is 5.75 Å². The molecule has 0 radical (unpaired) electrons. The molecular formula is C23H31N5O3S. The second-order valence-corrected chi connectivity index (χ2v) is 9.11. The standard InChI is InChI=1S/C23H31N5O3S/c1-16-22(30)27(18-10-5-6-11-19(18)31-16)15-13-21(29)24-14-7-12-20-25-26-23(32-2)28(20)17-8-3-4-9-17/h5-6,10-11,16-17H,3-4,7-9,12-15H2,1-2H3,(H,24,29). The molecule has 1 aliphatic carbocycles. The molecule has 1 aromatic heterocycles. The maximum atomic E-state index is 12.5. The van der Waals surface area contributed by atoms with Crippen LogP contribution < -0.4 is 15.0 Å². The minimum absolute atomic E-state index is 0.0588. The maximum Gasteiger partial charge on any atom is 0.267 e. The van der Waals surface area contributed by atoms with E-state index in [1.807, 2.05) is 30.5 Å². The van der Waals surface area contributed by atoms with Gasteiger partial charge in [0.15, 0.2) is 11.3 Å². The molecule has 2 heterocycles. The molecule has 8 nitrogen and oxygen atoms in total. The highest BCUT2D eigenvalue weighted by atomic mass is 32.2. The molecule has 0 spiro atoms. The second-order valence-electron chi connectivity index (χ2n) is 8.33. The van der Waals surface area contributed by atoms with E-state index in [1.54, 1.807) is 23.6 Å². The van der Waals surface area contributed by atoms with Gasteiger partial charge in [-0.3, -0.25) is 9.59 Å². The lowest BCUT2D eigenvalue weighted by atomic mass is 10.1. The number of fused-ring (bicyclic) bond motifs is 1. The molecule has 1 fully saturated rings. The van der Waals surface area contributed by atoms with Crippen LogP contribution in [0.5, 0.6) is 5.75 Å². The number of hydrogen-bond acceptors (Lipinski definition) is 6. The van der Waals surface area contributed by atoms with E-state index < -0.39 is 6.10 Å². The summed E-state index contributed by atoms with van der Waals surface area (Å²) < 4.78 is 7.96. The topological polar surface area (TPSA) is 89.3 Å². The number of carbonyl (C=O) groups excluding carboxylic acids is 2. The van der Waals surface area contributed by atoms with Crippen molar-refractivity contribution in [2.75, 3.05) is 24.2 Å². The monoisotopic (exact) mass is 457 g/mol. The predicted octanol–water partition coefficient (Wildman–Crippen LogP) is 3.37. The van der Waals surface area contributed by atoms with Crippen molar-refractivity contribution in [1.29, 1.82) is 0 Å². The Morgan fingerprint density at radius 2 is 2.03 bits per heavy atom. The first kappa shape index (κ1) is 22.6. The van der Waals surface area contributed by atoms with Crippen molar-refractivity contribution < 1.29 is 14.3 Å². The van der Waals surface area contributed by atoms with Gasteiger partial charge < -0.3 is 19.5 Å². The van der Waals surface area contributed by atoms with Crippen LogP contribution in [0.2, 0.25) is 0 Å². The molecule has 1 N–H and O–H groups in total. The molecule has 2 amide bonds. The van der Waals surface area contributed by atoms with Gasteiger partial charge in [-0.25, -0.2) is 0 Å². The smallest absolute Gasteiger partial charge is 0.267 e. The molecule has 32 heavy (non-hydrogen) atoms. The van der Waals surface area contributed by atoms with Gasteiger partial charge in [0.25, 0.3) is 5.91 Å². The molecule has 1 saturated carbocycles. The third-order valence-electron chi connectivity index (χ3n) is 6.14. The quantitative estimate of drug-likeness (QED) is 0.459. The molecule has 1 aromatic carbocycles. The van der Waals surface area contributed by atoms with E-state index in [0.717, 1.165) is 29.5 Å². The Bertz CT molecular complexity index is 957. The molecule has 1 unspecified atom stereocenters. The third kappa shape index (κ3) is 4.92. The summed E-state index contributed by atoms with van der Waals surface area (Å²) in [5, 5.41) is 12.7. The Kier molecular flexibility index (Phi) is 7.34. The predicted molar refractivity (Wildman–Crippen MR) is 124 cm³/mol. The molecule has 9 heteroatoms. The van der Waals surface area contributed by atoms with E-state index >= 15 is 0 Å². The van der Waals surface area contributed by atoms with Gasteiger partial charge in [0.2, 0.25) is 5.91 Å². The van der Waals surface area contributed by atoms with Gasteiger partial charge in [-0.15, -0.1) is 10.2 Å². The number of hydrogen-bond donors (Lipinski definition) is 1. The fourth-order valence-electron chi connectivity index (χ4n) is 4.51. The zero-order valence-corrected chi connectivity index (χ0v) is 19.6. The van der Waals surface area contributed by atoms with Crippen molar-refractivity contribution in [3.05, 3.63) is 30.1 Å².